The molecule has 0 spiro atoms. The molecule has 1 atom stereocenters. The van der Waals surface area contributed by atoms with Crippen LogP contribution >= 0.6 is 15.9 Å². The second kappa shape index (κ2) is 5.14. The lowest BCUT2D eigenvalue weighted by atomic mass is 10.2. The zero-order chi connectivity index (χ0) is 13.3. The van der Waals surface area contributed by atoms with Crippen molar-refractivity contribution >= 4 is 27.7 Å². The van der Waals surface area contributed by atoms with Gasteiger partial charge in [-0.05, 0) is 40.9 Å². The highest BCUT2D eigenvalue weighted by molar-refractivity contribution is 9.10. The molecule has 0 aromatic carbocycles. The summed E-state index contributed by atoms with van der Waals surface area (Å²) in [7, 11) is 3.40. The number of carbonyl (C=O) groups is 2. The van der Waals surface area contributed by atoms with E-state index in [1.165, 1.54) is 4.90 Å². The van der Waals surface area contributed by atoms with Gasteiger partial charge < -0.3 is 14.2 Å². The molecule has 1 saturated heterocycles. The summed E-state index contributed by atoms with van der Waals surface area (Å²) < 4.78 is 5.76. The molecule has 0 unspecified atom stereocenters. The van der Waals surface area contributed by atoms with Crippen LogP contribution in [0.2, 0.25) is 0 Å². The predicted molar refractivity (Wildman–Crippen MR) is 69.2 cm³/mol. The molecule has 1 aromatic rings. The van der Waals surface area contributed by atoms with E-state index in [4.69, 9.17) is 4.42 Å². The first-order valence-corrected chi connectivity index (χ1v) is 6.57. The number of amides is 2. The van der Waals surface area contributed by atoms with Gasteiger partial charge in [0.2, 0.25) is 5.91 Å². The van der Waals surface area contributed by atoms with Gasteiger partial charge in [0.25, 0.3) is 5.91 Å². The van der Waals surface area contributed by atoms with Crippen molar-refractivity contribution < 1.29 is 14.0 Å². The van der Waals surface area contributed by atoms with E-state index in [9.17, 15) is 9.59 Å². The highest BCUT2D eigenvalue weighted by Gasteiger charge is 2.36. The Morgan fingerprint density at radius 1 is 1.44 bits per heavy atom. The molecular formula is C12H15BrN2O3. The molecule has 0 bridgehead atoms. The van der Waals surface area contributed by atoms with E-state index in [1.54, 1.807) is 31.1 Å². The maximum Gasteiger partial charge on any atom is 0.290 e. The molecular weight excluding hydrogens is 300 g/mol. The summed E-state index contributed by atoms with van der Waals surface area (Å²) in [5, 5.41) is 0. The fourth-order valence-electron chi connectivity index (χ4n) is 2.14. The third kappa shape index (κ3) is 2.43. The molecule has 18 heavy (non-hydrogen) atoms. The van der Waals surface area contributed by atoms with Gasteiger partial charge in [0, 0.05) is 20.6 Å². The van der Waals surface area contributed by atoms with Crippen molar-refractivity contribution in [2.45, 2.75) is 18.9 Å². The summed E-state index contributed by atoms with van der Waals surface area (Å²) in [5.74, 6) is 0.00482. The smallest absolute Gasteiger partial charge is 0.290 e. The Morgan fingerprint density at radius 3 is 2.72 bits per heavy atom. The van der Waals surface area contributed by atoms with E-state index in [-0.39, 0.29) is 23.6 Å². The standard InChI is InChI=1S/C12H15BrN2O3/c1-14(2)11(16)8-4-3-7-15(8)12(17)9-5-6-10(13)18-9/h5-6,8H,3-4,7H2,1-2H3/t8-/m1/s1. The number of likely N-dealkylation sites (N-methyl/N-ethyl adjacent to an activating group) is 1. The molecule has 0 N–H and O–H groups in total. The van der Waals surface area contributed by atoms with E-state index in [0.717, 1.165) is 6.42 Å². The minimum atomic E-state index is -0.364. The SMILES string of the molecule is CN(C)C(=O)[C@H]1CCCN1C(=O)c1ccc(Br)o1. The monoisotopic (exact) mass is 314 g/mol. The fourth-order valence-corrected chi connectivity index (χ4v) is 2.44. The number of nitrogens with zero attached hydrogens (tertiary/aromatic N) is 2. The average Bonchev–Trinajstić information content (AvgIpc) is 2.95. The number of halogens is 1. The van der Waals surface area contributed by atoms with Crippen LogP contribution in [0, 0.1) is 0 Å². The summed E-state index contributed by atoms with van der Waals surface area (Å²) in [6.45, 7) is 0.599. The Morgan fingerprint density at radius 2 is 2.17 bits per heavy atom. The Balaban J connectivity index is 2.17. The topological polar surface area (TPSA) is 53.8 Å². The molecule has 2 amide bonds. The number of furan rings is 1. The molecule has 2 rings (SSSR count). The van der Waals surface area contributed by atoms with Crippen molar-refractivity contribution in [1.82, 2.24) is 9.80 Å². The molecule has 1 aliphatic rings. The van der Waals surface area contributed by atoms with Crippen LogP contribution in [-0.2, 0) is 4.79 Å². The van der Waals surface area contributed by atoms with Gasteiger partial charge in [-0.3, -0.25) is 9.59 Å². The Hall–Kier alpha value is -1.30. The molecule has 0 radical (unpaired) electrons. The summed E-state index contributed by atoms with van der Waals surface area (Å²) >= 11 is 3.16. The van der Waals surface area contributed by atoms with Gasteiger partial charge in [0.05, 0.1) is 0 Å². The van der Waals surface area contributed by atoms with Crippen molar-refractivity contribution in [2.75, 3.05) is 20.6 Å². The molecule has 1 fully saturated rings. The van der Waals surface area contributed by atoms with Gasteiger partial charge in [-0.2, -0.15) is 0 Å². The highest BCUT2D eigenvalue weighted by Crippen LogP contribution is 2.23. The van der Waals surface area contributed by atoms with Gasteiger partial charge >= 0.3 is 0 Å². The van der Waals surface area contributed by atoms with Crippen LogP contribution in [0.25, 0.3) is 0 Å². The second-order valence-electron chi connectivity index (χ2n) is 4.49. The largest absolute Gasteiger partial charge is 0.444 e. The third-order valence-electron chi connectivity index (χ3n) is 3.02. The van der Waals surface area contributed by atoms with Crippen LogP contribution in [0.3, 0.4) is 0 Å². The van der Waals surface area contributed by atoms with Crippen LogP contribution in [0.5, 0.6) is 0 Å². The Labute approximate surface area is 114 Å². The number of hydrogen-bond acceptors (Lipinski definition) is 3. The number of rotatable bonds is 2. The van der Waals surface area contributed by atoms with Crippen molar-refractivity contribution in [1.29, 1.82) is 0 Å². The maximum absolute atomic E-state index is 12.2. The van der Waals surface area contributed by atoms with Crippen LogP contribution in [-0.4, -0.2) is 48.3 Å². The van der Waals surface area contributed by atoms with Crippen LogP contribution < -0.4 is 0 Å². The van der Waals surface area contributed by atoms with Crippen LogP contribution in [0.15, 0.2) is 21.2 Å². The normalized spacial score (nSPS) is 19.1. The average molecular weight is 315 g/mol. The van der Waals surface area contributed by atoms with E-state index < -0.39 is 0 Å². The lowest BCUT2D eigenvalue weighted by Crippen LogP contribution is -2.45. The van der Waals surface area contributed by atoms with Gasteiger partial charge in [-0.25, -0.2) is 0 Å². The predicted octanol–water partition coefficient (Wildman–Crippen LogP) is 1.73. The summed E-state index contributed by atoms with van der Waals surface area (Å²) in [6, 6.07) is 2.92. The molecule has 6 heteroatoms. The Kier molecular flexibility index (Phi) is 3.75. The number of likely N-dealkylation sites (tertiary alicyclic amines) is 1. The van der Waals surface area contributed by atoms with Gasteiger partial charge in [0.1, 0.15) is 6.04 Å². The second-order valence-corrected chi connectivity index (χ2v) is 5.27. The zero-order valence-electron chi connectivity index (χ0n) is 10.4. The zero-order valence-corrected chi connectivity index (χ0v) is 11.9. The molecule has 5 nitrogen and oxygen atoms in total. The van der Waals surface area contributed by atoms with Crippen molar-refractivity contribution in [3.8, 4) is 0 Å². The van der Waals surface area contributed by atoms with E-state index in [1.807, 2.05) is 0 Å². The first kappa shape index (κ1) is 13.1. The van der Waals surface area contributed by atoms with Crippen molar-refractivity contribution in [3.63, 3.8) is 0 Å². The van der Waals surface area contributed by atoms with E-state index in [0.29, 0.717) is 17.6 Å². The van der Waals surface area contributed by atoms with Crippen LogP contribution in [0.1, 0.15) is 23.4 Å². The number of carbonyl (C=O) groups excluding carboxylic acids is 2. The van der Waals surface area contributed by atoms with E-state index >= 15 is 0 Å². The van der Waals surface area contributed by atoms with Crippen molar-refractivity contribution in [3.05, 3.63) is 22.6 Å². The summed E-state index contributed by atoms with van der Waals surface area (Å²) in [4.78, 5) is 27.3. The van der Waals surface area contributed by atoms with Crippen LogP contribution in [0.4, 0.5) is 0 Å². The lowest BCUT2D eigenvalue weighted by Gasteiger charge is -2.25. The van der Waals surface area contributed by atoms with Gasteiger partial charge in [-0.1, -0.05) is 0 Å². The van der Waals surface area contributed by atoms with Gasteiger partial charge in [-0.15, -0.1) is 0 Å². The quantitative estimate of drug-likeness (QED) is 0.835. The highest BCUT2D eigenvalue weighted by atomic mass is 79.9. The molecule has 98 valence electrons. The molecule has 1 aliphatic heterocycles. The first-order chi connectivity index (χ1) is 8.50. The minimum Gasteiger partial charge on any atom is -0.444 e. The summed E-state index contributed by atoms with van der Waals surface area (Å²) in [5.41, 5.74) is 0. The fraction of sp³-hybridized carbons (Fsp3) is 0.500. The minimum absolute atomic E-state index is 0.0357. The lowest BCUT2D eigenvalue weighted by molar-refractivity contribution is -0.132. The Bertz CT molecular complexity index is 470. The van der Waals surface area contributed by atoms with Crippen molar-refractivity contribution in [2.24, 2.45) is 0 Å². The molecule has 0 saturated carbocycles. The summed E-state index contributed by atoms with van der Waals surface area (Å²) in [6.07, 6.45) is 1.56. The maximum atomic E-state index is 12.2. The molecule has 0 aliphatic carbocycles. The van der Waals surface area contributed by atoms with E-state index in [2.05, 4.69) is 15.9 Å². The van der Waals surface area contributed by atoms with Gasteiger partial charge in [0.15, 0.2) is 10.4 Å². The first-order valence-electron chi connectivity index (χ1n) is 5.78. The molecule has 2 heterocycles. The third-order valence-corrected chi connectivity index (χ3v) is 3.45. The number of hydrogen-bond donors (Lipinski definition) is 0. The molecule has 1 aromatic heterocycles.